The number of nitrogens with one attached hydrogen (secondary N) is 2. The summed E-state index contributed by atoms with van der Waals surface area (Å²) in [6.45, 7) is 0.704. The van der Waals surface area contributed by atoms with Crippen molar-refractivity contribution < 1.29 is 4.74 Å². The van der Waals surface area contributed by atoms with E-state index in [4.69, 9.17) is 4.74 Å². The Morgan fingerprint density at radius 2 is 2.29 bits per heavy atom. The minimum Gasteiger partial charge on any atom is -0.373 e. The molecule has 0 aliphatic carbocycles. The Bertz CT molecular complexity index is 712. The quantitative estimate of drug-likeness (QED) is 0.665. The molecule has 2 aromatic rings. The van der Waals surface area contributed by atoms with E-state index in [1.165, 1.54) is 12.0 Å². The zero-order valence-corrected chi connectivity index (χ0v) is 13.9. The van der Waals surface area contributed by atoms with E-state index in [0.717, 1.165) is 24.5 Å². The summed E-state index contributed by atoms with van der Waals surface area (Å²) >= 11 is 0. The van der Waals surface area contributed by atoms with Gasteiger partial charge in [-0.3, -0.25) is 4.99 Å². The van der Waals surface area contributed by atoms with Gasteiger partial charge in [-0.1, -0.05) is 18.2 Å². The molecule has 0 spiro atoms. The monoisotopic (exact) mass is 325 g/mol. The Kier molecular flexibility index (Phi) is 4.21. The number of benzene rings is 1. The van der Waals surface area contributed by atoms with Crippen molar-refractivity contribution in [2.75, 3.05) is 7.05 Å². The molecule has 2 aliphatic heterocycles. The van der Waals surface area contributed by atoms with Crippen molar-refractivity contribution in [3.05, 3.63) is 48.5 Å². The number of hydrogen-bond acceptors (Lipinski definition) is 3. The van der Waals surface area contributed by atoms with Crippen molar-refractivity contribution in [2.24, 2.45) is 4.99 Å². The molecule has 0 saturated carbocycles. The summed E-state index contributed by atoms with van der Waals surface area (Å²) in [4.78, 5) is 8.50. The van der Waals surface area contributed by atoms with Crippen LogP contribution in [0.15, 0.2) is 48.0 Å². The SMILES string of the molecule is CN=C(NCc1ccccc1-n1ccnc1)NC1CC2CCC1O2. The van der Waals surface area contributed by atoms with Crippen LogP contribution in [0.2, 0.25) is 0 Å². The Balaban J connectivity index is 1.41. The van der Waals surface area contributed by atoms with E-state index in [0.29, 0.717) is 24.8 Å². The van der Waals surface area contributed by atoms with Gasteiger partial charge in [0.25, 0.3) is 0 Å². The van der Waals surface area contributed by atoms with Gasteiger partial charge in [-0.15, -0.1) is 0 Å². The predicted octanol–water partition coefficient (Wildman–Crippen LogP) is 1.86. The van der Waals surface area contributed by atoms with Gasteiger partial charge in [0, 0.05) is 26.0 Å². The van der Waals surface area contributed by atoms with Gasteiger partial charge >= 0.3 is 0 Å². The van der Waals surface area contributed by atoms with Crippen molar-refractivity contribution in [3.63, 3.8) is 0 Å². The smallest absolute Gasteiger partial charge is 0.191 e. The topological polar surface area (TPSA) is 63.5 Å². The average Bonchev–Trinajstić information content (AvgIpc) is 3.36. The third kappa shape index (κ3) is 3.01. The van der Waals surface area contributed by atoms with Crippen LogP contribution in [0.3, 0.4) is 0 Å². The lowest BCUT2D eigenvalue weighted by Crippen LogP contribution is -2.47. The largest absolute Gasteiger partial charge is 0.373 e. The number of aliphatic imine (C=N–C) groups is 1. The molecule has 3 atom stereocenters. The molecule has 4 rings (SSSR count). The van der Waals surface area contributed by atoms with Crippen LogP contribution in [0, 0.1) is 0 Å². The van der Waals surface area contributed by atoms with Gasteiger partial charge in [-0.05, 0) is 30.9 Å². The van der Waals surface area contributed by atoms with E-state index in [1.807, 2.05) is 30.2 Å². The molecule has 6 heteroatoms. The first-order chi connectivity index (χ1) is 11.8. The lowest BCUT2D eigenvalue weighted by atomic mass is 9.96. The number of para-hydroxylation sites is 1. The highest BCUT2D eigenvalue weighted by atomic mass is 16.5. The molecule has 0 radical (unpaired) electrons. The molecular formula is C18H23N5O. The molecule has 2 fully saturated rings. The molecule has 2 saturated heterocycles. The fourth-order valence-electron chi connectivity index (χ4n) is 3.65. The molecule has 3 heterocycles. The maximum atomic E-state index is 5.91. The van der Waals surface area contributed by atoms with Gasteiger partial charge in [0.2, 0.25) is 0 Å². The second kappa shape index (κ2) is 6.65. The van der Waals surface area contributed by atoms with Crippen LogP contribution < -0.4 is 10.6 Å². The zero-order chi connectivity index (χ0) is 16.4. The molecule has 1 aromatic heterocycles. The number of aromatic nitrogens is 2. The minimum atomic E-state index is 0.340. The van der Waals surface area contributed by atoms with Crippen LogP contribution in [-0.4, -0.2) is 40.8 Å². The number of fused-ring (bicyclic) bond motifs is 2. The van der Waals surface area contributed by atoms with Gasteiger partial charge in [-0.25, -0.2) is 4.98 Å². The summed E-state index contributed by atoms with van der Waals surface area (Å²) < 4.78 is 7.93. The third-order valence-electron chi connectivity index (χ3n) is 4.87. The van der Waals surface area contributed by atoms with Gasteiger partial charge in [-0.2, -0.15) is 0 Å². The van der Waals surface area contributed by atoms with E-state index < -0.39 is 0 Å². The van der Waals surface area contributed by atoms with Crippen LogP contribution in [0.1, 0.15) is 24.8 Å². The highest BCUT2D eigenvalue weighted by molar-refractivity contribution is 5.80. The first kappa shape index (κ1) is 15.2. The van der Waals surface area contributed by atoms with Crippen LogP contribution in [0.25, 0.3) is 5.69 Å². The zero-order valence-electron chi connectivity index (χ0n) is 13.9. The van der Waals surface area contributed by atoms with E-state index >= 15 is 0 Å². The molecule has 0 amide bonds. The fraction of sp³-hybridized carbons (Fsp3) is 0.444. The van der Waals surface area contributed by atoms with Crippen molar-refractivity contribution >= 4 is 5.96 Å². The van der Waals surface area contributed by atoms with Gasteiger partial charge < -0.3 is 19.9 Å². The number of ether oxygens (including phenoxy) is 1. The normalized spacial score (nSPS) is 25.9. The number of rotatable bonds is 4. The summed E-state index contributed by atoms with van der Waals surface area (Å²) in [5, 5.41) is 6.94. The standard InChI is InChI=1S/C18H23N5O/c1-19-18(22-15-10-14-6-7-17(15)24-14)21-11-13-4-2-3-5-16(13)23-9-8-20-12-23/h2-5,8-9,12,14-15,17H,6-7,10-11H2,1H3,(H2,19,21,22). The molecule has 2 bridgehead atoms. The van der Waals surface area contributed by atoms with Gasteiger partial charge in [0.05, 0.1) is 30.3 Å². The van der Waals surface area contributed by atoms with Crippen LogP contribution in [-0.2, 0) is 11.3 Å². The van der Waals surface area contributed by atoms with Crippen molar-refractivity contribution in [2.45, 2.75) is 44.1 Å². The molecule has 2 aliphatic rings. The summed E-state index contributed by atoms with van der Waals surface area (Å²) in [5.41, 5.74) is 2.32. The highest BCUT2D eigenvalue weighted by Gasteiger charge is 2.41. The lowest BCUT2D eigenvalue weighted by Gasteiger charge is -2.23. The molecule has 2 N–H and O–H groups in total. The summed E-state index contributed by atoms with van der Waals surface area (Å²) in [5.74, 6) is 0.830. The number of nitrogens with zero attached hydrogens (tertiary/aromatic N) is 3. The van der Waals surface area contributed by atoms with E-state index in [9.17, 15) is 0 Å². The van der Waals surface area contributed by atoms with Crippen LogP contribution in [0.5, 0.6) is 0 Å². The van der Waals surface area contributed by atoms with Crippen LogP contribution in [0.4, 0.5) is 0 Å². The third-order valence-corrected chi connectivity index (χ3v) is 4.87. The van der Waals surface area contributed by atoms with E-state index in [2.05, 4.69) is 38.8 Å². The maximum Gasteiger partial charge on any atom is 0.191 e. The number of imidazole rings is 1. The first-order valence-corrected chi connectivity index (χ1v) is 8.52. The molecule has 24 heavy (non-hydrogen) atoms. The van der Waals surface area contributed by atoms with E-state index in [-0.39, 0.29) is 0 Å². The summed E-state index contributed by atoms with van der Waals surface area (Å²) in [6, 6.07) is 8.68. The number of guanidine groups is 1. The van der Waals surface area contributed by atoms with Crippen LogP contribution >= 0.6 is 0 Å². The predicted molar refractivity (Wildman–Crippen MR) is 93.2 cm³/mol. The Morgan fingerprint density at radius 3 is 3.00 bits per heavy atom. The Morgan fingerprint density at radius 1 is 1.38 bits per heavy atom. The molecule has 126 valence electrons. The van der Waals surface area contributed by atoms with Gasteiger partial charge in [0.1, 0.15) is 0 Å². The van der Waals surface area contributed by atoms with E-state index in [1.54, 1.807) is 6.20 Å². The highest BCUT2D eigenvalue weighted by Crippen LogP contribution is 2.34. The van der Waals surface area contributed by atoms with Gasteiger partial charge in [0.15, 0.2) is 5.96 Å². The second-order valence-electron chi connectivity index (χ2n) is 6.38. The minimum absolute atomic E-state index is 0.340. The van der Waals surface area contributed by atoms with Crippen molar-refractivity contribution in [1.82, 2.24) is 20.2 Å². The fourth-order valence-corrected chi connectivity index (χ4v) is 3.65. The molecular weight excluding hydrogens is 302 g/mol. The molecule has 3 unspecified atom stereocenters. The summed E-state index contributed by atoms with van der Waals surface area (Å²) in [7, 11) is 1.81. The number of hydrogen-bond donors (Lipinski definition) is 2. The summed E-state index contributed by atoms with van der Waals surface area (Å²) in [6.07, 6.45) is 9.78. The van der Waals surface area contributed by atoms with Crippen molar-refractivity contribution in [3.8, 4) is 5.69 Å². The Labute approximate surface area is 142 Å². The van der Waals surface area contributed by atoms with Crippen molar-refractivity contribution in [1.29, 1.82) is 0 Å². The maximum absolute atomic E-state index is 5.91. The second-order valence-corrected chi connectivity index (χ2v) is 6.38. The first-order valence-electron chi connectivity index (χ1n) is 8.52. The Hall–Kier alpha value is -2.34. The average molecular weight is 325 g/mol. The lowest BCUT2D eigenvalue weighted by molar-refractivity contribution is 0.0992. The molecule has 1 aromatic carbocycles. The molecule has 6 nitrogen and oxygen atoms in total.